The van der Waals surface area contributed by atoms with Gasteiger partial charge >= 0.3 is 0 Å². The number of carbonyl (C=O) groups is 1. The first-order chi connectivity index (χ1) is 10.1. The molecule has 114 valence electrons. The van der Waals surface area contributed by atoms with Crippen molar-refractivity contribution in [3.8, 4) is 0 Å². The Labute approximate surface area is 127 Å². The lowest BCUT2D eigenvalue weighted by molar-refractivity contribution is -0.130. The van der Waals surface area contributed by atoms with Gasteiger partial charge in [0.15, 0.2) is 0 Å². The molecular weight excluding hydrogens is 260 g/mol. The monoisotopic (exact) mass is 286 g/mol. The van der Waals surface area contributed by atoms with Crippen LogP contribution in [0.4, 0.5) is 0 Å². The van der Waals surface area contributed by atoms with E-state index in [9.17, 15) is 4.79 Å². The summed E-state index contributed by atoms with van der Waals surface area (Å²) in [6.07, 6.45) is 8.62. The van der Waals surface area contributed by atoms with Gasteiger partial charge < -0.3 is 10.6 Å². The fourth-order valence-electron chi connectivity index (χ4n) is 3.13. The molecule has 1 amide bonds. The number of amides is 1. The Morgan fingerprint density at radius 2 is 1.57 bits per heavy atom. The second kappa shape index (κ2) is 6.18. The second-order valence-electron chi connectivity index (χ2n) is 6.83. The van der Waals surface area contributed by atoms with E-state index in [2.05, 4.69) is 24.3 Å². The molecule has 1 saturated carbocycles. The number of hydrogen-bond acceptors (Lipinski definition) is 2. The van der Waals surface area contributed by atoms with E-state index in [0.29, 0.717) is 6.42 Å². The lowest BCUT2D eigenvalue weighted by atomic mass is 10.0. The Hall–Kier alpha value is -1.35. The van der Waals surface area contributed by atoms with Crippen molar-refractivity contribution in [1.82, 2.24) is 4.90 Å². The summed E-state index contributed by atoms with van der Waals surface area (Å²) in [5, 5.41) is 0. The topological polar surface area (TPSA) is 46.3 Å². The number of hydrogen-bond donors (Lipinski definition) is 1. The Bertz CT molecular complexity index is 482. The fraction of sp³-hybridized carbons (Fsp3) is 0.611. The van der Waals surface area contributed by atoms with Gasteiger partial charge in [-0.15, -0.1) is 0 Å². The Balaban J connectivity index is 1.55. The minimum atomic E-state index is 0.0589. The van der Waals surface area contributed by atoms with Crippen molar-refractivity contribution in [3.05, 3.63) is 35.4 Å². The molecule has 21 heavy (non-hydrogen) atoms. The second-order valence-corrected chi connectivity index (χ2v) is 6.83. The first kappa shape index (κ1) is 14.6. The highest BCUT2D eigenvalue weighted by Gasteiger charge is 2.37. The molecule has 2 N–H and O–H groups in total. The van der Waals surface area contributed by atoms with E-state index in [1.165, 1.54) is 18.4 Å². The zero-order chi connectivity index (χ0) is 14.7. The number of rotatable bonds is 4. The van der Waals surface area contributed by atoms with E-state index < -0.39 is 0 Å². The quantitative estimate of drug-likeness (QED) is 0.925. The fourth-order valence-corrected chi connectivity index (χ4v) is 3.13. The number of nitrogens with two attached hydrogens (primary N) is 1. The van der Waals surface area contributed by atoms with Gasteiger partial charge in [0.25, 0.3) is 0 Å². The van der Waals surface area contributed by atoms with Crippen LogP contribution in [-0.4, -0.2) is 29.4 Å². The molecule has 2 fully saturated rings. The number of carbonyl (C=O) groups excluding carboxylic acids is 1. The highest BCUT2D eigenvalue weighted by molar-refractivity contribution is 5.78. The SMILES string of the molecule is NC1(Cc2ccc(CC(=O)N3CCCCCC3)cc2)CC1. The molecule has 1 aromatic carbocycles. The van der Waals surface area contributed by atoms with Crippen molar-refractivity contribution in [3.63, 3.8) is 0 Å². The average Bonchev–Trinajstić information content (AvgIpc) is 3.24. The van der Waals surface area contributed by atoms with Gasteiger partial charge in [-0.1, -0.05) is 37.1 Å². The first-order valence-corrected chi connectivity index (χ1v) is 8.29. The van der Waals surface area contributed by atoms with Gasteiger partial charge in [-0.2, -0.15) is 0 Å². The van der Waals surface area contributed by atoms with Crippen LogP contribution in [0.1, 0.15) is 49.7 Å². The van der Waals surface area contributed by atoms with Crippen LogP contribution in [0.15, 0.2) is 24.3 Å². The predicted octanol–water partition coefficient (Wildman–Crippen LogP) is 2.67. The zero-order valence-corrected chi connectivity index (χ0v) is 12.8. The Morgan fingerprint density at radius 1 is 1.00 bits per heavy atom. The summed E-state index contributed by atoms with van der Waals surface area (Å²) < 4.78 is 0. The van der Waals surface area contributed by atoms with E-state index in [4.69, 9.17) is 5.73 Å². The van der Waals surface area contributed by atoms with E-state index in [0.717, 1.165) is 50.8 Å². The van der Waals surface area contributed by atoms with Crippen molar-refractivity contribution in [1.29, 1.82) is 0 Å². The Kier molecular flexibility index (Phi) is 4.29. The zero-order valence-electron chi connectivity index (χ0n) is 12.8. The van der Waals surface area contributed by atoms with Crippen LogP contribution in [0.25, 0.3) is 0 Å². The largest absolute Gasteiger partial charge is 0.342 e. The molecule has 1 aliphatic heterocycles. The molecule has 0 radical (unpaired) electrons. The van der Waals surface area contributed by atoms with Gasteiger partial charge in [0.05, 0.1) is 6.42 Å². The first-order valence-electron chi connectivity index (χ1n) is 8.29. The van der Waals surface area contributed by atoms with Crippen LogP contribution in [0.2, 0.25) is 0 Å². The summed E-state index contributed by atoms with van der Waals surface area (Å²) in [7, 11) is 0. The van der Waals surface area contributed by atoms with Crippen molar-refractivity contribution in [2.75, 3.05) is 13.1 Å². The van der Waals surface area contributed by atoms with Crippen LogP contribution < -0.4 is 5.73 Å². The van der Waals surface area contributed by atoms with E-state index in [1.54, 1.807) is 0 Å². The molecule has 1 heterocycles. The molecule has 0 aromatic heterocycles. The van der Waals surface area contributed by atoms with Crippen LogP contribution >= 0.6 is 0 Å². The highest BCUT2D eigenvalue weighted by Crippen LogP contribution is 2.35. The minimum absolute atomic E-state index is 0.0589. The van der Waals surface area contributed by atoms with Crippen molar-refractivity contribution in [2.24, 2.45) is 5.73 Å². The third-order valence-electron chi connectivity index (χ3n) is 4.79. The van der Waals surface area contributed by atoms with Gasteiger partial charge in [0.2, 0.25) is 5.91 Å². The molecule has 1 aromatic rings. The van der Waals surface area contributed by atoms with Gasteiger partial charge in [-0.05, 0) is 43.2 Å². The standard InChI is InChI=1S/C18H26N2O/c19-18(9-10-18)14-16-7-5-15(6-8-16)13-17(21)20-11-3-1-2-4-12-20/h5-8H,1-4,9-14,19H2. The summed E-state index contributed by atoms with van der Waals surface area (Å²) in [6, 6.07) is 8.46. The van der Waals surface area contributed by atoms with Gasteiger partial charge in [0, 0.05) is 18.6 Å². The molecule has 2 aliphatic rings. The number of benzene rings is 1. The van der Waals surface area contributed by atoms with Crippen molar-refractivity contribution < 1.29 is 4.79 Å². The summed E-state index contributed by atoms with van der Waals surface area (Å²) in [4.78, 5) is 14.4. The smallest absolute Gasteiger partial charge is 0.226 e. The maximum atomic E-state index is 12.3. The van der Waals surface area contributed by atoms with E-state index in [-0.39, 0.29) is 11.4 Å². The average molecular weight is 286 g/mol. The van der Waals surface area contributed by atoms with E-state index in [1.807, 2.05) is 4.90 Å². The van der Waals surface area contributed by atoms with Crippen LogP contribution in [0, 0.1) is 0 Å². The van der Waals surface area contributed by atoms with Crippen LogP contribution in [0.3, 0.4) is 0 Å². The molecule has 3 nitrogen and oxygen atoms in total. The predicted molar refractivity (Wildman–Crippen MR) is 85.1 cm³/mol. The van der Waals surface area contributed by atoms with Gasteiger partial charge in [-0.3, -0.25) is 4.79 Å². The molecule has 0 unspecified atom stereocenters. The van der Waals surface area contributed by atoms with Crippen LogP contribution in [-0.2, 0) is 17.6 Å². The van der Waals surface area contributed by atoms with Gasteiger partial charge in [-0.25, -0.2) is 0 Å². The lowest BCUT2D eigenvalue weighted by Crippen LogP contribution is -2.33. The summed E-state index contributed by atoms with van der Waals surface area (Å²) in [5.74, 6) is 0.280. The lowest BCUT2D eigenvalue weighted by Gasteiger charge is -2.20. The maximum absolute atomic E-state index is 12.3. The molecule has 0 spiro atoms. The molecular formula is C18H26N2O. The summed E-state index contributed by atoms with van der Waals surface area (Å²) in [6.45, 7) is 1.87. The van der Waals surface area contributed by atoms with Crippen molar-refractivity contribution >= 4 is 5.91 Å². The molecule has 0 atom stereocenters. The third kappa shape index (κ3) is 4.07. The molecule has 1 saturated heterocycles. The van der Waals surface area contributed by atoms with Gasteiger partial charge in [0.1, 0.15) is 0 Å². The molecule has 3 heteroatoms. The summed E-state index contributed by atoms with van der Waals surface area (Å²) >= 11 is 0. The van der Waals surface area contributed by atoms with E-state index >= 15 is 0 Å². The molecule has 1 aliphatic carbocycles. The van der Waals surface area contributed by atoms with Crippen molar-refractivity contribution in [2.45, 2.75) is 56.9 Å². The summed E-state index contributed by atoms with van der Waals surface area (Å²) in [5.41, 5.74) is 8.62. The normalized spacial score (nSPS) is 20.9. The molecule has 0 bridgehead atoms. The Morgan fingerprint density at radius 3 is 2.14 bits per heavy atom. The maximum Gasteiger partial charge on any atom is 0.226 e. The number of likely N-dealkylation sites (tertiary alicyclic amines) is 1. The minimum Gasteiger partial charge on any atom is -0.342 e. The highest BCUT2D eigenvalue weighted by atomic mass is 16.2. The van der Waals surface area contributed by atoms with Crippen LogP contribution in [0.5, 0.6) is 0 Å². The molecule has 3 rings (SSSR count). The number of nitrogens with zero attached hydrogens (tertiary/aromatic N) is 1. The third-order valence-corrected chi connectivity index (χ3v) is 4.79.